The molecule has 0 saturated heterocycles. The Balaban J connectivity index is 2.20. The van der Waals surface area contributed by atoms with Gasteiger partial charge in [0.15, 0.2) is 5.75 Å². The maximum Gasteiger partial charge on any atom is 0.308 e. The summed E-state index contributed by atoms with van der Waals surface area (Å²) in [6.07, 6.45) is 4.44. The molecule has 2 N–H and O–H groups in total. The summed E-state index contributed by atoms with van der Waals surface area (Å²) in [5.41, 5.74) is -0.236. The molecule has 0 amide bonds. The summed E-state index contributed by atoms with van der Waals surface area (Å²) in [7, 11) is 0. The van der Waals surface area contributed by atoms with E-state index in [1.54, 1.807) is 18.2 Å². The lowest BCUT2D eigenvalue weighted by Crippen LogP contribution is -2.14. The zero-order chi connectivity index (χ0) is 16.8. The van der Waals surface area contributed by atoms with E-state index in [0.29, 0.717) is 23.3 Å². The van der Waals surface area contributed by atoms with E-state index in [4.69, 9.17) is 9.47 Å². The largest absolute Gasteiger partial charge is 0.504 e. The number of nitrogens with one attached hydrogen (secondary N) is 1. The van der Waals surface area contributed by atoms with Crippen molar-refractivity contribution in [3.8, 4) is 17.2 Å². The first kappa shape index (κ1) is 16.9. The van der Waals surface area contributed by atoms with Crippen molar-refractivity contribution in [1.29, 1.82) is 0 Å². The molecule has 0 aliphatic carbocycles. The van der Waals surface area contributed by atoms with Gasteiger partial charge in [0.2, 0.25) is 5.75 Å². The highest BCUT2D eigenvalue weighted by Crippen LogP contribution is 2.32. The summed E-state index contributed by atoms with van der Waals surface area (Å²) < 4.78 is 10.4. The number of esters is 1. The van der Waals surface area contributed by atoms with Crippen molar-refractivity contribution in [2.45, 2.75) is 39.5 Å². The first-order valence-electron chi connectivity index (χ1n) is 7.73. The van der Waals surface area contributed by atoms with Gasteiger partial charge in [-0.1, -0.05) is 26.2 Å². The van der Waals surface area contributed by atoms with Crippen LogP contribution in [0.3, 0.4) is 0 Å². The Hall–Kier alpha value is -2.50. The molecule has 0 saturated carbocycles. The summed E-state index contributed by atoms with van der Waals surface area (Å²) in [6.45, 7) is 3.92. The molecule has 0 aliphatic rings. The minimum atomic E-state index is -0.669. The fourth-order valence-corrected chi connectivity index (χ4v) is 2.29. The number of ether oxygens (including phenoxy) is 2. The first-order valence-corrected chi connectivity index (χ1v) is 7.73. The zero-order valence-electron chi connectivity index (χ0n) is 13.3. The molecule has 1 heterocycles. The summed E-state index contributed by atoms with van der Waals surface area (Å²) in [5, 5.41) is 10.5. The molecule has 0 unspecified atom stereocenters. The first-order chi connectivity index (χ1) is 11.0. The van der Waals surface area contributed by atoms with Crippen molar-refractivity contribution in [3.05, 3.63) is 28.6 Å². The van der Waals surface area contributed by atoms with Gasteiger partial charge in [0.1, 0.15) is 5.75 Å². The van der Waals surface area contributed by atoms with E-state index in [9.17, 15) is 14.7 Å². The molecule has 23 heavy (non-hydrogen) atoms. The third kappa shape index (κ3) is 4.25. The predicted octanol–water partition coefficient (Wildman–Crippen LogP) is 3.12. The fraction of sp³-hybridized carbons (Fsp3) is 0.412. The van der Waals surface area contributed by atoms with Gasteiger partial charge in [0, 0.05) is 18.4 Å². The number of hydrogen-bond donors (Lipinski definition) is 2. The minimum absolute atomic E-state index is 0.353. The molecule has 2 aromatic rings. The van der Waals surface area contributed by atoms with Crippen LogP contribution in [0.4, 0.5) is 0 Å². The van der Waals surface area contributed by atoms with Crippen LogP contribution >= 0.6 is 0 Å². The van der Waals surface area contributed by atoms with Crippen molar-refractivity contribution < 1.29 is 19.4 Å². The van der Waals surface area contributed by atoms with E-state index in [1.165, 1.54) is 19.8 Å². The number of carbonyl (C=O) groups is 1. The topological polar surface area (TPSA) is 88.6 Å². The van der Waals surface area contributed by atoms with E-state index >= 15 is 0 Å². The van der Waals surface area contributed by atoms with E-state index < -0.39 is 17.3 Å². The standard InChI is InChI=1S/C17H21NO5/c1-3-4-5-6-9-22-12-7-8-13-14(10-12)18-17(21)16(15(13)20)23-11(2)19/h7-8,10H,3-6,9H2,1-2H3,(H2,18,20,21). The van der Waals surface area contributed by atoms with E-state index in [2.05, 4.69) is 11.9 Å². The minimum Gasteiger partial charge on any atom is -0.504 e. The molecule has 0 fully saturated rings. The fourth-order valence-electron chi connectivity index (χ4n) is 2.29. The summed E-state index contributed by atoms with van der Waals surface area (Å²) >= 11 is 0. The number of aromatic nitrogens is 1. The Morgan fingerprint density at radius 2 is 2.04 bits per heavy atom. The van der Waals surface area contributed by atoms with Crippen LogP contribution in [0.15, 0.2) is 23.0 Å². The number of fused-ring (bicyclic) bond motifs is 1. The third-order valence-corrected chi connectivity index (χ3v) is 3.43. The van der Waals surface area contributed by atoms with Gasteiger partial charge in [-0.05, 0) is 18.6 Å². The normalized spacial score (nSPS) is 10.7. The van der Waals surface area contributed by atoms with Crippen LogP contribution in [-0.4, -0.2) is 22.7 Å². The number of carbonyl (C=O) groups excluding carboxylic acids is 1. The van der Waals surface area contributed by atoms with Crippen molar-refractivity contribution in [3.63, 3.8) is 0 Å². The quantitative estimate of drug-likeness (QED) is 0.604. The maximum atomic E-state index is 11.9. The smallest absolute Gasteiger partial charge is 0.308 e. The van der Waals surface area contributed by atoms with Gasteiger partial charge in [-0.3, -0.25) is 9.59 Å². The highest BCUT2D eigenvalue weighted by molar-refractivity contribution is 5.88. The number of unbranched alkanes of at least 4 members (excludes halogenated alkanes) is 3. The molecule has 0 bridgehead atoms. The second-order valence-electron chi connectivity index (χ2n) is 5.34. The Morgan fingerprint density at radius 1 is 1.26 bits per heavy atom. The Labute approximate surface area is 134 Å². The lowest BCUT2D eigenvalue weighted by molar-refractivity contribution is -0.132. The maximum absolute atomic E-state index is 11.9. The van der Waals surface area contributed by atoms with Crippen LogP contribution in [0, 0.1) is 0 Å². The Morgan fingerprint density at radius 3 is 2.74 bits per heavy atom. The highest BCUT2D eigenvalue weighted by Gasteiger charge is 2.15. The number of rotatable bonds is 7. The molecule has 124 valence electrons. The highest BCUT2D eigenvalue weighted by atomic mass is 16.5. The van der Waals surface area contributed by atoms with Gasteiger partial charge < -0.3 is 19.6 Å². The van der Waals surface area contributed by atoms with Crippen LogP contribution in [0.5, 0.6) is 17.2 Å². The molecular formula is C17H21NO5. The van der Waals surface area contributed by atoms with Gasteiger partial charge in [-0.25, -0.2) is 0 Å². The van der Waals surface area contributed by atoms with Crippen LogP contribution in [0.25, 0.3) is 10.9 Å². The number of pyridine rings is 1. The summed E-state index contributed by atoms with van der Waals surface area (Å²) in [5.74, 6) is -0.798. The van der Waals surface area contributed by atoms with E-state index in [0.717, 1.165) is 12.8 Å². The van der Waals surface area contributed by atoms with E-state index in [1.807, 2.05) is 0 Å². The van der Waals surface area contributed by atoms with Crippen LogP contribution in [-0.2, 0) is 4.79 Å². The summed E-state index contributed by atoms with van der Waals surface area (Å²) in [4.78, 5) is 25.5. The second kappa shape index (κ2) is 7.67. The number of benzene rings is 1. The predicted molar refractivity (Wildman–Crippen MR) is 87.2 cm³/mol. The van der Waals surface area contributed by atoms with Gasteiger partial charge in [-0.2, -0.15) is 0 Å². The lowest BCUT2D eigenvalue weighted by Gasteiger charge is -2.09. The van der Waals surface area contributed by atoms with Gasteiger partial charge in [-0.15, -0.1) is 0 Å². The molecule has 0 atom stereocenters. The van der Waals surface area contributed by atoms with Crippen LogP contribution in [0.2, 0.25) is 0 Å². The molecular weight excluding hydrogens is 298 g/mol. The van der Waals surface area contributed by atoms with E-state index in [-0.39, 0.29) is 5.75 Å². The third-order valence-electron chi connectivity index (χ3n) is 3.43. The Kier molecular flexibility index (Phi) is 5.62. The van der Waals surface area contributed by atoms with Crippen LogP contribution in [0.1, 0.15) is 39.5 Å². The number of aromatic hydroxyl groups is 1. The van der Waals surface area contributed by atoms with Crippen molar-refractivity contribution in [1.82, 2.24) is 4.98 Å². The van der Waals surface area contributed by atoms with Crippen molar-refractivity contribution >= 4 is 16.9 Å². The lowest BCUT2D eigenvalue weighted by atomic mass is 10.2. The molecule has 1 aromatic carbocycles. The Bertz CT molecular complexity index is 750. The monoisotopic (exact) mass is 319 g/mol. The second-order valence-corrected chi connectivity index (χ2v) is 5.34. The average molecular weight is 319 g/mol. The molecule has 2 rings (SSSR count). The van der Waals surface area contributed by atoms with Gasteiger partial charge in [0.05, 0.1) is 12.1 Å². The number of hydrogen-bond acceptors (Lipinski definition) is 5. The van der Waals surface area contributed by atoms with Crippen LogP contribution < -0.4 is 15.0 Å². The summed E-state index contributed by atoms with van der Waals surface area (Å²) in [6, 6.07) is 4.97. The zero-order valence-corrected chi connectivity index (χ0v) is 13.3. The van der Waals surface area contributed by atoms with Gasteiger partial charge >= 0.3 is 5.97 Å². The average Bonchev–Trinajstić information content (AvgIpc) is 2.51. The van der Waals surface area contributed by atoms with Crippen molar-refractivity contribution in [2.75, 3.05) is 6.61 Å². The van der Waals surface area contributed by atoms with Crippen molar-refractivity contribution in [2.24, 2.45) is 0 Å². The van der Waals surface area contributed by atoms with Gasteiger partial charge in [0.25, 0.3) is 5.56 Å². The number of aromatic amines is 1. The molecule has 1 aromatic heterocycles. The molecule has 6 nitrogen and oxygen atoms in total. The molecule has 6 heteroatoms. The molecule has 0 radical (unpaired) electrons. The number of H-pyrrole nitrogens is 1. The SMILES string of the molecule is CCCCCCOc1ccc2c(O)c(OC(C)=O)c(=O)[nH]c2c1. The molecule has 0 aliphatic heterocycles. The molecule has 0 spiro atoms.